The van der Waals surface area contributed by atoms with Gasteiger partial charge in [0.05, 0.1) is 11.6 Å². The Morgan fingerprint density at radius 3 is 2.17 bits per heavy atom. The van der Waals surface area contributed by atoms with Crippen molar-refractivity contribution in [2.75, 3.05) is 6.54 Å². The van der Waals surface area contributed by atoms with Crippen molar-refractivity contribution in [3.8, 4) is 0 Å². The summed E-state index contributed by atoms with van der Waals surface area (Å²) in [5, 5.41) is 4.53. The van der Waals surface area contributed by atoms with Crippen molar-refractivity contribution in [1.29, 1.82) is 0 Å². The van der Waals surface area contributed by atoms with Gasteiger partial charge in [-0.15, -0.1) is 11.3 Å². The third-order valence-corrected chi connectivity index (χ3v) is 7.29. The number of aromatic nitrogens is 1. The molecule has 0 saturated heterocycles. The van der Waals surface area contributed by atoms with Crippen LogP contribution in [0, 0.1) is 0 Å². The van der Waals surface area contributed by atoms with E-state index in [-0.39, 0.29) is 11.8 Å². The minimum absolute atomic E-state index is 0.260. The molecule has 2 rings (SSSR count). The minimum atomic E-state index is -0.283. The van der Waals surface area contributed by atoms with Gasteiger partial charge < -0.3 is 11.1 Å². The number of amides is 1. The van der Waals surface area contributed by atoms with Crippen molar-refractivity contribution in [2.45, 2.75) is 96.4 Å². The van der Waals surface area contributed by atoms with E-state index in [4.69, 9.17) is 10.7 Å². The lowest BCUT2D eigenvalue weighted by atomic mass is 9.97. The summed E-state index contributed by atoms with van der Waals surface area (Å²) in [5.41, 5.74) is 6.93. The maximum atomic E-state index is 12.1. The number of hydrogen-bond acceptors (Lipinski definition) is 4. The maximum absolute atomic E-state index is 12.1. The molecule has 1 aromatic rings. The van der Waals surface area contributed by atoms with Gasteiger partial charge in [0, 0.05) is 10.9 Å². The van der Waals surface area contributed by atoms with Crippen LogP contribution in [0.15, 0.2) is 60.8 Å². The second-order valence-electron chi connectivity index (χ2n) is 9.06. The normalized spacial score (nSPS) is 17.5. The molecule has 2 atom stereocenters. The highest BCUT2D eigenvalue weighted by Gasteiger charge is 2.27. The number of nitrogens with two attached hydrogens (primary N) is 1. The van der Waals surface area contributed by atoms with E-state index in [1.165, 1.54) is 10.6 Å². The monoisotopic (exact) mass is 495 g/mol. The Morgan fingerprint density at radius 2 is 1.60 bits per heavy atom. The van der Waals surface area contributed by atoms with Crippen molar-refractivity contribution in [3.05, 3.63) is 76.3 Å². The van der Waals surface area contributed by atoms with Gasteiger partial charge in [0.1, 0.15) is 5.01 Å². The summed E-state index contributed by atoms with van der Waals surface area (Å²) in [5.74, 6) is -0.543. The fourth-order valence-corrected chi connectivity index (χ4v) is 5.42. The number of carbonyl (C=O) groups is 1. The highest BCUT2D eigenvalue weighted by Crippen LogP contribution is 2.32. The van der Waals surface area contributed by atoms with E-state index in [2.05, 4.69) is 79.9 Å². The first kappa shape index (κ1) is 29.0. The number of primary amides is 1. The first-order chi connectivity index (χ1) is 17.2. The Morgan fingerprint density at radius 1 is 1.00 bits per heavy atom. The highest BCUT2D eigenvalue weighted by molar-refractivity contribution is 7.12. The largest absolute Gasteiger partial charge is 0.369 e. The molecule has 35 heavy (non-hydrogen) atoms. The Labute approximate surface area is 217 Å². The standard InChI is InChI=1S/C30H45N3OS/c1-3-5-6-7-8-9-10-11-12-13-14-15-16-17-18-19-20-26(29(31)34)30-33-27-22-21-25(32-23-4-2)24-28(27)35-30/h5-6,8-9,11-12,14-15,17-18,25-26,32H,3-4,7,10,13,16,19-24H2,1-2H3,(H2,31,34)/t25-,26?/m1/s1. The van der Waals surface area contributed by atoms with E-state index >= 15 is 0 Å². The summed E-state index contributed by atoms with van der Waals surface area (Å²) >= 11 is 1.70. The summed E-state index contributed by atoms with van der Waals surface area (Å²) in [7, 11) is 0. The molecule has 1 aliphatic carbocycles. The number of fused-ring (bicyclic) bond motifs is 1. The van der Waals surface area contributed by atoms with Crippen LogP contribution in [0.2, 0.25) is 0 Å². The highest BCUT2D eigenvalue weighted by atomic mass is 32.1. The molecule has 1 aliphatic rings. The Kier molecular flexibility index (Phi) is 15.0. The lowest BCUT2D eigenvalue weighted by molar-refractivity contribution is -0.119. The van der Waals surface area contributed by atoms with Crippen LogP contribution in [0.3, 0.4) is 0 Å². The average Bonchev–Trinajstić information content (AvgIpc) is 3.27. The van der Waals surface area contributed by atoms with Crippen LogP contribution in [0.25, 0.3) is 0 Å². The second kappa shape index (κ2) is 18.1. The first-order valence-corrected chi connectivity index (χ1v) is 14.2. The van der Waals surface area contributed by atoms with Crippen molar-refractivity contribution in [2.24, 2.45) is 5.73 Å². The first-order valence-electron chi connectivity index (χ1n) is 13.4. The number of aryl methyl sites for hydroxylation is 1. The smallest absolute Gasteiger partial charge is 0.227 e. The van der Waals surface area contributed by atoms with Crippen molar-refractivity contribution in [3.63, 3.8) is 0 Å². The zero-order valence-corrected chi connectivity index (χ0v) is 22.6. The summed E-state index contributed by atoms with van der Waals surface area (Å²) in [4.78, 5) is 18.3. The molecule has 4 nitrogen and oxygen atoms in total. The van der Waals surface area contributed by atoms with Gasteiger partial charge in [-0.25, -0.2) is 4.98 Å². The van der Waals surface area contributed by atoms with Crippen LogP contribution in [-0.4, -0.2) is 23.5 Å². The molecule has 0 fully saturated rings. The summed E-state index contributed by atoms with van der Waals surface area (Å²) in [6.07, 6.45) is 32.8. The molecular weight excluding hydrogens is 450 g/mol. The molecule has 1 unspecified atom stereocenters. The quantitative estimate of drug-likeness (QED) is 0.226. The summed E-state index contributed by atoms with van der Waals surface area (Å²) in [6, 6.07) is 0.532. The van der Waals surface area contributed by atoms with E-state index in [1.54, 1.807) is 11.3 Å². The van der Waals surface area contributed by atoms with Gasteiger partial charge in [-0.3, -0.25) is 4.79 Å². The number of nitrogens with zero attached hydrogens (tertiary/aromatic N) is 1. The maximum Gasteiger partial charge on any atom is 0.227 e. The van der Waals surface area contributed by atoms with Crippen LogP contribution in [0.5, 0.6) is 0 Å². The molecule has 0 bridgehead atoms. The molecule has 1 heterocycles. The molecule has 0 radical (unpaired) electrons. The molecule has 0 spiro atoms. The second-order valence-corrected chi connectivity index (χ2v) is 10.2. The number of carbonyl (C=O) groups excluding carboxylic acids is 1. The van der Waals surface area contributed by atoms with Crippen LogP contribution in [0.1, 0.15) is 93.1 Å². The summed E-state index contributed by atoms with van der Waals surface area (Å²) < 4.78 is 0. The topological polar surface area (TPSA) is 68.0 Å². The molecule has 192 valence electrons. The van der Waals surface area contributed by atoms with Gasteiger partial charge in [0.25, 0.3) is 0 Å². The summed E-state index contributed by atoms with van der Waals surface area (Å²) in [6.45, 7) is 5.41. The van der Waals surface area contributed by atoms with Crippen LogP contribution in [0.4, 0.5) is 0 Å². The van der Waals surface area contributed by atoms with Crippen LogP contribution in [-0.2, 0) is 17.6 Å². The van der Waals surface area contributed by atoms with Gasteiger partial charge in [0.2, 0.25) is 5.91 Å². The molecular formula is C30H45N3OS. The third kappa shape index (κ3) is 11.8. The van der Waals surface area contributed by atoms with E-state index in [0.717, 1.165) is 82.2 Å². The molecule has 1 amide bonds. The fourth-order valence-electron chi connectivity index (χ4n) is 4.09. The fraction of sp³-hybridized carbons (Fsp3) is 0.533. The molecule has 0 aliphatic heterocycles. The van der Waals surface area contributed by atoms with Gasteiger partial charge in [-0.2, -0.15) is 0 Å². The Balaban J connectivity index is 1.67. The predicted octanol–water partition coefficient (Wildman–Crippen LogP) is 7.10. The number of thiazole rings is 1. The zero-order chi connectivity index (χ0) is 25.1. The van der Waals surface area contributed by atoms with E-state index in [1.807, 2.05) is 0 Å². The molecule has 0 aromatic carbocycles. The lowest BCUT2D eigenvalue weighted by Gasteiger charge is -2.22. The van der Waals surface area contributed by atoms with Crippen LogP contribution >= 0.6 is 11.3 Å². The van der Waals surface area contributed by atoms with Gasteiger partial charge >= 0.3 is 0 Å². The van der Waals surface area contributed by atoms with E-state index in [9.17, 15) is 4.79 Å². The molecule has 0 saturated carbocycles. The number of rotatable bonds is 17. The van der Waals surface area contributed by atoms with Crippen LogP contribution < -0.4 is 11.1 Å². The number of hydrogen-bond donors (Lipinski definition) is 2. The molecule has 3 N–H and O–H groups in total. The van der Waals surface area contributed by atoms with Crippen molar-refractivity contribution in [1.82, 2.24) is 10.3 Å². The molecule has 5 heteroatoms. The van der Waals surface area contributed by atoms with Crippen molar-refractivity contribution >= 4 is 17.2 Å². The average molecular weight is 496 g/mol. The number of nitrogens with one attached hydrogen (secondary N) is 1. The van der Waals surface area contributed by atoms with E-state index < -0.39 is 0 Å². The van der Waals surface area contributed by atoms with Crippen molar-refractivity contribution < 1.29 is 4.79 Å². The third-order valence-electron chi connectivity index (χ3n) is 6.06. The Hall–Kier alpha value is -2.24. The number of allylic oxidation sites excluding steroid dienone is 10. The van der Waals surface area contributed by atoms with Gasteiger partial charge in [-0.05, 0) is 77.2 Å². The van der Waals surface area contributed by atoms with Gasteiger partial charge in [-0.1, -0.05) is 74.6 Å². The lowest BCUT2D eigenvalue weighted by Crippen LogP contribution is -2.34. The predicted molar refractivity (Wildman–Crippen MR) is 152 cm³/mol. The SMILES string of the molecule is CCC=CCC=CCC=CCC=CCC=CCCC(C(N)=O)c1nc2c(s1)C[C@H](NCCC)CC2. The Bertz CT molecular complexity index is 878. The van der Waals surface area contributed by atoms with Gasteiger partial charge in [0.15, 0.2) is 0 Å². The van der Waals surface area contributed by atoms with E-state index in [0.29, 0.717) is 6.04 Å². The molecule has 1 aromatic heterocycles. The minimum Gasteiger partial charge on any atom is -0.369 e. The zero-order valence-electron chi connectivity index (χ0n) is 21.8.